The third-order valence-electron chi connectivity index (χ3n) is 2.83. The Bertz CT molecular complexity index is 524. The summed E-state index contributed by atoms with van der Waals surface area (Å²) < 4.78 is 12.9. The van der Waals surface area contributed by atoms with Gasteiger partial charge in [0.1, 0.15) is 11.6 Å². The number of fused-ring (bicyclic) bond motifs is 1. The van der Waals surface area contributed by atoms with Crippen LogP contribution in [0.3, 0.4) is 0 Å². The molecule has 2 aromatic rings. The summed E-state index contributed by atoms with van der Waals surface area (Å²) in [6, 6.07) is 11.2. The van der Waals surface area contributed by atoms with Gasteiger partial charge in [0, 0.05) is 13.1 Å². The van der Waals surface area contributed by atoms with Gasteiger partial charge in [-0.15, -0.1) is 0 Å². The minimum atomic E-state index is -0.308. The Kier molecular flexibility index (Phi) is 2.40. The van der Waals surface area contributed by atoms with E-state index in [1.165, 1.54) is 12.3 Å². The lowest BCUT2D eigenvalue weighted by atomic mass is 10.2. The van der Waals surface area contributed by atoms with E-state index in [0.717, 1.165) is 30.3 Å². The Balaban J connectivity index is 2.03. The van der Waals surface area contributed by atoms with Crippen LogP contribution in [0.25, 0.3) is 0 Å². The molecule has 0 atom stereocenters. The van der Waals surface area contributed by atoms with Crippen LogP contribution in [0.15, 0.2) is 42.6 Å². The molecule has 1 aliphatic heterocycles. The largest absolute Gasteiger partial charge is 0.382 e. The predicted octanol–water partition coefficient (Wildman–Crippen LogP) is 2.78. The molecular weight excluding hydrogens is 217 g/mol. The van der Waals surface area contributed by atoms with E-state index >= 15 is 0 Å². The molecule has 0 unspecified atom stereocenters. The van der Waals surface area contributed by atoms with E-state index in [4.69, 9.17) is 0 Å². The first-order valence-corrected chi connectivity index (χ1v) is 5.56. The summed E-state index contributed by atoms with van der Waals surface area (Å²) in [5.74, 6) is 0.470. The number of hydrogen-bond acceptors (Lipinski definition) is 3. The fourth-order valence-electron chi connectivity index (χ4n) is 2.05. The van der Waals surface area contributed by atoms with Crippen LogP contribution in [0.2, 0.25) is 0 Å². The normalized spacial score (nSPS) is 14.1. The number of halogens is 1. The molecule has 1 aliphatic rings. The van der Waals surface area contributed by atoms with Gasteiger partial charge in [0.05, 0.1) is 17.6 Å². The van der Waals surface area contributed by atoms with Gasteiger partial charge in [0.25, 0.3) is 0 Å². The van der Waals surface area contributed by atoms with Crippen molar-refractivity contribution < 1.29 is 4.39 Å². The van der Waals surface area contributed by atoms with Crippen LogP contribution in [-0.2, 0) is 0 Å². The molecule has 0 saturated heterocycles. The first-order valence-electron chi connectivity index (χ1n) is 5.56. The lowest BCUT2D eigenvalue weighted by molar-refractivity contribution is 0.621. The molecule has 0 aliphatic carbocycles. The maximum absolute atomic E-state index is 12.9. The van der Waals surface area contributed by atoms with Crippen molar-refractivity contribution in [3.05, 3.63) is 48.4 Å². The smallest absolute Gasteiger partial charge is 0.141 e. The third kappa shape index (κ3) is 1.82. The maximum atomic E-state index is 12.9. The highest BCUT2D eigenvalue weighted by molar-refractivity contribution is 5.77. The molecule has 1 aromatic heterocycles. The van der Waals surface area contributed by atoms with Crippen molar-refractivity contribution in [1.82, 2.24) is 4.98 Å². The van der Waals surface area contributed by atoms with Gasteiger partial charge in [-0.05, 0) is 24.3 Å². The van der Waals surface area contributed by atoms with Crippen molar-refractivity contribution in [2.24, 2.45) is 0 Å². The molecule has 1 N–H and O–H groups in total. The zero-order valence-corrected chi connectivity index (χ0v) is 9.23. The number of hydrogen-bond donors (Lipinski definition) is 1. The molecule has 0 spiro atoms. The van der Waals surface area contributed by atoms with Gasteiger partial charge in [-0.2, -0.15) is 0 Å². The monoisotopic (exact) mass is 229 g/mol. The number of anilines is 3. The van der Waals surface area contributed by atoms with Crippen molar-refractivity contribution in [2.75, 3.05) is 23.3 Å². The minimum absolute atomic E-state index is 0.308. The van der Waals surface area contributed by atoms with E-state index < -0.39 is 0 Å². The summed E-state index contributed by atoms with van der Waals surface area (Å²) in [5, 5.41) is 3.33. The Hall–Kier alpha value is -2.10. The van der Waals surface area contributed by atoms with E-state index in [-0.39, 0.29) is 5.82 Å². The van der Waals surface area contributed by atoms with Crippen molar-refractivity contribution in [3.8, 4) is 0 Å². The number of nitrogens with zero attached hydrogens (tertiary/aromatic N) is 2. The quantitative estimate of drug-likeness (QED) is 0.815. The molecule has 1 aromatic carbocycles. The highest BCUT2D eigenvalue weighted by Crippen LogP contribution is 2.33. The van der Waals surface area contributed by atoms with E-state index in [1.807, 2.05) is 24.3 Å². The second-order valence-corrected chi connectivity index (χ2v) is 3.93. The lowest BCUT2D eigenvalue weighted by Gasteiger charge is -2.31. The number of rotatable bonds is 1. The maximum Gasteiger partial charge on any atom is 0.141 e. The first-order chi connectivity index (χ1) is 8.34. The van der Waals surface area contributed by atoms with Gasteiger partial charge in [-0.3, -0.25) is 0 Å². The molecule has 3 nitrogen and oxygen atoms in total. The Morgan fingerprint density at radius 3 is 2.88 bits per heavy atom. The van der Waals surface area contributed by atoms with Gasteiger partial charge in [0.2, 0.25) is 0 Å². The van der Waals surface area contributed by atoms with Crippen molar-refractivity contribution >= 4 is 17.2 Å². The number of benzene rings is 1. The van der Waals surface area contributed by atoms with Crippen molar-refractivity contribution in [1.29, 1.82) is 0 Å². The van der Waals surface area contributed by atoms with E-state index in [2.05, 4.69) is 15.2 Å². The molecule has 4 heteroatoms. The molecule has 0 fully saturated rings. The molecule has 86 valence electrons. The van der Waals surface area contributed by atoms with Gasteiger partial charge in [-0.1, -0.05) is 12.1 Å². The summed E-state index contributed by atoms with van der Waals surface area (Å²) in [4.78, 5) is 6.21. The van der Waals surface area contributed by atoms with Gasteiger partial charge >= 0.3 is 0 Å². The molecule has 3 rings (SSSR count). The topological polar surface area (TPSA) is 28.2 Å². The lowest BCUT2D eigenvalue weighted by Crippen LogP contribution is -2.30. The molecule has 0 amide bonds. The highest BCUT2D eigenvalue weighted by Gasteiger charge is 2.17. The molecule has 0 saturated carbocycles. The number of para-hydroxylation sites is 2. The molecular formula is C13H12FN3. The zero-order chi connectivity index (χ0) is 11.7. The zero-order valence-electron chi connectivity index (χ0n) is 9.23. The van der Waals surface area contributed by atoms with Crippen LogP contribution >= 0.6 is 0 Å². The number of aromatic nitrogens is 1. The second kappa shape index (κ2) is 4.05. The first kappa shape index (κ1) is 10.1. The van der Waals surface area contributed by atoms with Crippen LogP contribution in [0, 0.1) is 5.82 Å². The summed E-state index contributed by atoms with van der Waals surface area (Å²) in [5.41, 5.74) is 2.17. The third-order valence-corrected chi connectivity index (χ3v) is 2.83. The average Bonchev–Trinajstić information content (AvgIpc) is 2.39. The van der Waals surface area contributed by atoms with Gasteiger partial charge in [0.15, 0.2) is 0 Å². The summed E-state index contributed by atoms with van der Waals surface area (Å²) >= 11 is 0. The predicted molar refractivity (Wildman–Crippen MR) is 66.1 cm³/mol. The number of pyridine rings is 1. The van der Waals surface area contributed by atoms with Crippen LogP contribution in [0.1, 0.15) is 0 Å². The van der Waals surface area contributed by atoms with Crippen LogP contribution in [0.4, 0.5) is 21.6 Å². The average molecular weight is 229 g/mol. The summed E-state index contributed by atoms with van der Waals surface area (Å²) in [6.45, 7) is 1.69. The Morgan fingerprint density at radius 1 is 1.18 bits per heavy atom. The highest BCUT2D eigenvalue weighted by atomic mass is 19.1. The minimum Gasteiger partial charge on any atom is -0.382 e. The van der Waals surface area contributed by atoms with Crippen LogP contribution < -0.4 is 10.2 Å². The van der Waals surface area contributed by atoms with E-state index in [9.17, 15) is 4.39 Å². The van der Waals surface area contributed by atoms with Crippen molar-refractivity contribution in [3.63, 3.8) is 0 Å². The fraction of sp³-hybridized carbons (Fsp3) is 0.154. The van der Waals surface area contributed by atoms with E-state index in [1.54, 1.807) is 6.07 Å². The molecule has 0 bridgehead atoms. The molecule has 17 heavy (non-hydrogen) atoms. The number of nitrogens with one attached hydrogen (secondary N) is 1. The van der Waals surface area contributed by atoms with Crippen LogP contribution in [0.5, 0.6) is 0 Å². The fourth-order valence-corrected chi connectivity index (χ4v) is 2.05. The SMILES string of the molecule is Fc1ccc(N2CCNc3ccccc32)nc1. The standard InChI is InChI=1S/C13H12FN3/c14-10-5-6-13(16-9-10)17-8-7-15-11-3-1-2-4-12(11)17/h1-6,9,15H,7-8H2. The summed E-state index contributed by atoms with van der Waals surface area (Å²) in [7, 11) is 0. The molecule has 2 heterocycles. The van der Waals surface area contributed by atoms with E-state index in [0.29, 0.717) is 0 Å². The Labute approximate surface area is 98.9 Å². The molecule has 0 radical (unpaired) electrons. The van der Waals surface area contributed by atoms with Gasteiger partial charge < -0.3 is 10.2 Å². The second-order valence-electron chi connectivity index (χ2n) is 3.93. The van der Waals surface area contributed by atoms with Crippen LogP contribution in [-0.4, -0.2) is 18.1 Å². The Morgan fingerprint density at radius 2 is 2.06 bits per heavy atom. The summed E-state index contributed by atoms with van der Waals surface area (Å²) in [6.07, 6.45) is 1.25. The van der Waals surface area contributed by atoms with Crippen molar-refractivity contribution in [2.45, 2.75) is 0 Å². The van der Waals surface area contributed by atoms with Gasteiger partial charge in [-0.25, -0.2) is 9.37 Å².